The molecule has 1 aromatic carbocycles. The zero-order valence-electron chi connectivity index (χ0n) is 8.31. The Hall–Kier alpha value is -0.383. The SMILES string of the molecule is CC(C)(C)c1ccc([NH-])cc1.[Li+]. The first kappa shape index (κ1) is 11.6. The molecule has 0 aliphatic rings. The van der Waals surface area contributed by atoms with E-state index in [0.29, 0.717) is 5.69 Å². The molecule has 0 radical (unpaired) electrons. The normalized spacial score (nSPS) is 10.6. The van der Waals surface area contributed by atoms with Gasteiger partial charge in [0.2, 0.25) is 0 Å². The van der Waals surface area contributed by atoms with E-state index >= 15 is 0 Å². The number of benzene rings is 1. The average Bonchev–Trinajstić information content (AvgIpc) is 1.86. The molecule has 0 aromatic heterocycles. The van der Waals surface area contributed by atoms with Crippen LogP contribution in [0.3, 0.4) is 0 Å². The minimum Gasteiger partial charge on any atom is -0.699 e. The van der Waals surface area contributed by atoms with E-state index in [1.807, 2.05) is 24.3 Å². The van der Waals surface area contributed by atoms with Crippen LogP contribution in [-0.2, 0) is 5.41 Å². The van der Waals surface area contributed by atoms with Gasteiger partial charge in [0.05, 0.1) is 0 Å². The minimum absolute atomic E-state index is 0. The third kappa shape index (κ3) is 2.93. The molecule has 1 N–H and O–H groups in total. The summed E-state index contributed by atoms with van der Waals surface area (Å²) < 4.78 is 0. The molecule has 0 bridgehead atoms. The van der Waals surface area contributed by atoms with Crippen molar-refractivity contribution in [1.82, 2.24) is 0 Å². The molecule has 12 heavy (non-hydrogen) atoms. The summed E-state index contributed by atoms with van der Waals surface area (Å²) in [7, 11) is 0. The van der Waals surface area contributed by atoms with Crippen LogP contribution in [0.5, 0.6) is 0 Å². The second-order valence-electron chi connectivity index (χ2n) is 3.83. The molecular formula is C10H14LiN. The van der Waals surface area contributed by atoms with Gasteiger partial charge in [-0.2, -0.15) is 0 Å². The average molecular weight is 155 g/mol. The van der Waals surface area contributed by atoms with E-state index in [-0.39, 0.29) is 24.3 Å². The molecule has 0 fully saturated rings. The smallest absolute Gasteiger partial charge is 0.699 e. The Labute approximate surface area is 86.5 Å². The van der Waals surface area contributed by atoms with Crippen LogP contribution in [0.15, 0.2) is 24.3 Å². The molecule has 0 atom stereocenters. The fourth-order valence-electron chi connectivity index (χ4n) is 0.970. The van der Waals surface area contributed by atoms with Crippen molar-refractivity contribution in [1.29, 1.82) is 0 Å². The molecule has 0 aliphatic carbocycles. The minimum atomic E-state index is 0. The predicted octanol–water partition coefficient (Wildman–Crippen LogP) is 0.672. The Kier molecular flexibility index (Phi) is 3.90. The van der Waals surface area contributed by atoms with Gasteiger partial charge in [-0.1, -0.05) is 45.0 Å². The van der Waals surface area contributed by atoms with Gasteiger partial charge in [0.15, 0.2) is 0 Å². The van der Waals surface area contributed by atoms with E-state index in [9.17, 15) is 0 Å². The quantitative estimate of drug-likeness (QED) is 0.492. The maximum atomic E-state index is 7.30. The second-order valence-corrected chi connectivity index (χ2v) is 3.83. The van der Waals surface area contributed by atoms with Crippen LogP contribution in [0.25, 0.3) is 5.73 Å². The summed E-state index contributed by atoms with van der Waals surface area (Å²) in [6.45, 7) is 6.52. The zero-order valence-corrected chi connectivity index (χ0v) is 8.31. The van der Waals surface area contributed by atoms with Crippen LogP contribution in [0.2, 0.25) is 0 Å². The van der Waals surface area contributed by atoms with E-state index in [2.05, 4.69) is 20.8 Å². The van der Waals surface area contributed by atoms with Gasteiger partial charge < -0.3 is 5.73 Å². The molecule has 1 rings (SSSR count). The van der Waals surface area contributed by atoms with Crippen molar-refractivity contribution < 1.29 is 18.9 Å². The third-order valence-corrected chi connectivity index (χ3v) is 1.75. The van der Waals surface area contributed by atoms with Crippen molar-refractivity contribution in [3.8, 4) is 0 Å². The van der Waals surface area contributed by atoms with Gasteiger partial charge in [-0.25, -0.2) is 0 Å². The Morgan fingerprint density at radius 1 is 1.00 bits per heavy atom. The molecule has 0 aliphatic heterocycles. The Bertz CT molecular complexity index is 233. The molecule has 2 heteroatoms. The summed E-state index contributed by atoms with van der Waals surface area (Å²) in [5.41, 5.74) is 9.37. The molecule has 0 spiro atoms. The number of nitrogens with one attached hydrogen (secondary N) is 1. The number of hydrogen-bond donors (Lipinski definition) is 0. The second kappa shape index (κ2) is 4.03. The number of rotatable bonds is 0. The van der Waals surface area contributed by atoms with Gasteiger partial charge in [-0.3, -0.25) is 0 Å². The zero-order chi connectivity index (χ0) is 8.48. The van der Waals surface area contributed by atoms with Crippen molar-refractivity contribution in [2.24, 2.45) is 0 Å². The van der Waals surface area contributed by atoms with Gasteiger partial charge in [-0.15, -0.1) is 5.69 Å². The van der Waals surface area contributed by atoms with Gasteiger partial charge in [0.1, 0.15) is 0 Å². The molecular weight excluding hydrogens is 141 g/mol. The Morgan fingerprint density at radius 2 is 1.42 bits per heavy atom. The summed E-state index contributed by atoms with van der Waals surface area (Å²) >= 11 is 0. The standard InChI is InChI=1S/C10H14N.Li/c1-10(2,3)8-4-6-9(11)7-5-8;/h4-7,11H,1-3H3;/q-1;+1. The first-order chi connectivity index (χ1) is 5.00. The van der Waals surface area contributed by atoms with Gasteiger partial charge in [0.25, 0.3) is 0 Å². The monoisotopic (exact) mass is 155 g/mol. The first-order valence-corrected chi connectivity index (χ1v) is 3.82. The van der Waals surface area contributed by atoms with Crippen LogP contribution in [0, 0.1) is 0 Å². The molecule has 0 saturated heterocycles. The van der Waals surface area contributed by atoms with Crippen molar-refractivity contribution >= 4 is 5.69 Å². The van der Waals surface area contributed by atoms with E-state index in [1.165, 1.54) is 5.56 Å². The summed E-state index contributed by atoms with van der Waals surface area (Å²) in [6.07, 6.45) is 0. The Morgan fingerprint density at radius 3 is 1.75 bits per heavy atom. The van der Waals surface area contributed by atoms with Gasteiger partial charge in [0, 0.05) is 0 Å². The first-order valence-electron chi connectivity index (χ1n) is 3.82. The van der Waals surface area contributed by atoms with Crippen molar-refractivity contribution in [3.63, 3.8) is 0 Å². The van der Waals surface area contributed by atoms with E-state index in [4.69, 9.17) is 5.73 Å². The van der Waals surface area contributed by atoms with Crippen LogP contribution in [-0.4, -0.2) is 0 Å². The molecule has 0 saturated carbocycles. The van der Waals surface area contributed by atoms with Crippen molar-refractivity contribution in [2.45, 2.75) is 26.2 Å². The van der Waals surface area contributed by atoms with Crippen LogP contribution in [0.1, 0.15) is 26.3 Å². The molecule has 0 heterocycles. The number of hydrogen-bond acceptors (Lipinski definition) is 0. The van der Waals surface area contributed by atoms with Crippen molar-refractivity contribution in [3.05, 3.63) is 35.6 Å². The van der Waals surface area contributed by atoms with E-state index in [0.717, 1.165) is 0 Å². The van der Waals surface area contributed by atoms with Crippen LogP contribution < -0.4 is 18.9 Å². The third-order valence-electron chi connectivity index (χ3n) is 1.75. The maximum absolute atomic E-state index is 7.30. The van der Waals surface area contributed by atoms with E-state index < -0.39 is 0 Å². The summed E-state index contributed by atoms with van der Waals surface area (Å²) in [6, 6.07) is 7.70. The van der Waals surface area contributed by atoms with Crippen LogP contribution in [0.4, 0.5) is 5.69 Å². The molecule has 0 amide bonds. The van der Waals surface area contributed by atoms with Crippen LogP contribution >= 0.6 is 0 Å². The fourth-order valence-corrected chi connectivity index (χ4v) is 0.970. The summed E-state index contributed by atoms with van der Waals surface area (Å²) in [5, 5.41) is 0. The largest absolute Gasteiger partial charge is 1.00 e. The predicted molar refractivity (Wildman–Crippen MR) is 49.1 cm³/mol. The fraction of sp³-hybridized carbons (Fsp3) is 0.400. The topological polar surface area (TPSA) is 23.8 Å². The van der Waals surface area contributed by atoms with Crippen molar-refractivity contribution in [2.75, 3.05) is 0 Å². The molecule has 0 unspecified atom stereocenters. The van der Waals surface area contributed by atoms with E-state index in [1.54, 1.807) is 0 Å². The molecule has 1 aromatic rings. The van der Waals surface area contributed by atoms with Gasteiger partial charge in [-0.05, 0) is 11.0 Å². The molecule has 1 nitrogen and oxygen atoms in total. The summed E-state index contributed by atoms with van der Waals surface area (Å²) in [5.74, 6) is 0. The molecule has 60 valence electrons. The summed E-state index contributed by atoms with van der Waals surface area (Å²) in [4.78, 5) is 0. The van der Waals surface area contributed by atoms with Gasteiger partial charge >= 0.3 is 18.9 Å². The maximum Gasteiger partial charge on any atom is 1.00 e. The Balaban J connectivity index is 0.00000121.